The summed E-state index contributed by atoms with van der Waals surface area (Å²) >= 11 is 0. The SMILES string of the molecule is COC(C)CCOC(C)=O.[SiH4]. The maximum atomic E-state index is 10.3. The summed E-state index contributed by atoms with van der Waals surface area (Å²) in [6.07, 6.45) is 0.926. The minimum atomic E-state index is -0.233. The predicted octanol–water partition coefficient (Wildman–Crippen LogP) is -0.477. The molecule has 0 radical (unpaired) electrons. The number of ether oxygens (including phenoxy) is 2. The van der Waals surface area contributed by atoms with Crippen molar-refractivity contribution in [2.75, 3.05) is 13.7 Å². The molecule has 0 aromatic carbocycles. The van der Waals surface area contributed by atoms with Gasteiger partial charge in [-0.1, -0.05) is 0 Å². The summed E-state index contributed by atoms with van der Waals surface area (Å²) in [6, 6.07) is 0. The quantitative estimate of drug-likeness (QED) is 0.431. The van der Waals surface area contributed by atoms with E-state index in [0.717, 1.165) is 6.42 Å². The van der Waals surface area contributed by atoms with Crippen molar-refractivity contribution in [3.05, 3.63) is 0 Å². The summed E-state index contributed by atoms with van der Waals surface area (Å²) in [6.45, 7) is 3.78. The topological polar surface area (TPSA) is 35.5 Å². The molecule has 0 bridgehead atoms. The van der Waals surface area contributed by atoms with Gasteiger partial charge in [0.1, 0.15) is 0 Å². The molecule has 0 saturated heterocycles. The molecule has 0 amide bonds. The number of rotatable bonds is 4. The van der Waals surface area contributed by atoms with Crippen LogP contribution in [0.4, 0.5) is 0 Å². The normalized spacial score (nSPS) is 11.5. The minimum Gasteiger partial charge on any atom is -0.466 e. The van der Waals surface area contributed by atoms with Gasteiger partial charge in [-0.05, 0) is 17.9 Å². The lowest BCUT2D eigenvalue weighted by Crippen LogP contribution is -2.10. The van der Waals surface area contributed by atoms with Crippen molar-refractivity contribution in [2.45, 2.75) is 26.4 Å². The highest BCUT2D eigenvalue weighted by atomic mass is 28.1. The molecule has 4 heteroatoms. The molecule has 0 rings (SSSR count). The lowest BCUT2D eigenvalue weighted by atomic mass is 10.3. The standard InChI is InChI=1S/C7H14O3.H4Si/c1-6(9-3)4-5-10-7(2)8;/h6H,4-5H2,1-3H3;1H4. The first-order valence-corrected chi connectivity index (χ1v) is 3.33. The van der Waals surface area contributed by atoms with E-state index < -0.39 is 0 Å². The molecule has 0 aliphatic carbocycles. The van der Waals surface area contributed by atoms with Crippen molar-refractivity contribution < 1.29 is 14.3 Å². The smallest absolute Gasteiger partial charge is 0.302 e. The third kappa shape index (κ3) is 9.65. The van der Waals surface area contributed by atoms with E-state index in [-0.39, 0.29) is 23.0 Å². The van der Waals surface area contributed by atoms with Crippen LogP contribution >= 0.6 is 0 Å². The van der Waals surface area contributed by atoms with Crippen molar-refractivity contribution in [3.63, 3.8) is 0 Å². The Bertz CT molecular complexity index is 106. The van der Waals surface area contributed by atoms with E-state index in [4.69, 9.17) is 9.47 Å². The van der Waals surface area contributed by atoms with Gasteiger partial charge in [0.05, 0.1) is 12.7 Å². The van der Waals surface area contributed by atoms with E-state index >= 15 is 0 Å². The van der Waals surface area contributed by atoms with Gasteiger partial charge in [0.2, 0.25) is 0 Å². The summed E-state index contributed by atoms with van der Waals surface area (Å²) < 4.78 is 9.64. The fourth-order valence-corrected chi connectivity index (χ4v) is 0.486. The highest BCUT2D eigenvalue weighted by molar-refractivity contribution is 5.75. The van der Waals surface area contributed by atoms with Crippen molar-refractivity contribution in [3.8, 4) is 0 Å². The maximum absolute atomic E-state index is 10.3. The van der Waals surface area contributed by atoms with Gasteiger partial charge in [-0.15, -0.1) is 0 Å². The zero-order valence-electron chi connectivity index (χ0n) is 6.72. The van der Waals surface area contributed by atoms with Gasteiger partial charge in [0.25, 0.3) is 0 Å². The molecule has 0 aliphatic heterocycles. The summed E-state index contributed by atoms with van der Waals surface area (Å²) in [4.78, 5) is 10.3. The summed E-state index contributed by atoms with van der Waals surface area (Å²) in [7, 11) is 1.64. The van der Waals surface area contributed by atoms with Gasteiger partial charge in [0.15, 0.2) is 0 Å². The molecule has 0 spiro atoms. The highest BCUT2D eigenvalue weighted by Gasteiger charge is 1.99. The molecule has 3 nitrogen and oxygen atoms in total. The van der Waals surface area contributed by atoms with Gasteiger partial charge in [-0.3, -0.25) is 4.79 Å². The number of hydrogen-bond donors (Lipinski definition) is 0. The molecule has 0 aromatic rings. The van der Waals surface area contributed by atoms with Gasteiger partial charge in [0, 0.05) is 20.5 Å². The van der Waals surface area contributed by atoms with Crippen LogP contribution in [0.3, 0.4) is 0 Å². The Balaban J connectivity index is 0. The fraction of sp³-hybridized carbons (Fsp3) is 0.857. The first kappa shape index (κ1) is 13.3. The Morgan fingerprint density at radius 2 is 2.09 bits per heavy atom. The number of carbonyl (C=O) groups excluding carboxylic acids is 1. The molecule has 68 valence electrons. The van der Waals surface area contributed by atoms with E-state index in [1.165, 1.54) is 6.92 Å². The second-order valence-corrected chi connectivity index (χ2v) is 2.18. The molecule has 11 heavy (non-hydrogen) atoms. The lowest BCUT2D eigenvalue weighted by molar-refractivity contribution is -0.141. The Morgan fingerprint density at radius 1 is 1.55 bits per heavy atom. The Hall–Kier alpha value is -0.353. The number of carbonyl (C=O) groups is 1. The molecule has 1 unspecified atom stereocenters. The highest BCUT2D eigenvalue weighted by Crippen LogP contribution is 1.94. The molecular formula is C7H18O3Si. The van der Waals surface area contributed by atoms with Crippen molar-refractivity contribution in [1.82, 2.24) is 0 Å². The summed E-state index contributed by atoms with van der Waals surface area (Å²) in [5.41, 5.74) is 0. The van der Waals surface area contributed by atoms with Gasteiger partial charge in [-0.2, -0.15) is 0 Å². The first-order chi connectivity index (χ1) is 4.66. The second-order valence-electron chi connectivity index (χ2n) is 2.18. The second kappa shape index (κ2) is 7.75. The van der Waals surface area contributed by atoms with Crippen molar-refractivity contribution in [1.29, 1.82) is 0 Å². The molecule has 0 aliphatic rings. The third-order valence-corrected chi connectivity index (χ3v) is 1.23. The Morgan fingerprint density at radius 3 is 2.45 bits per heavy atom. The van der Waals surface area contributed by atoms with Crippen LogP contribution in [0.15, 0.2) is 0 Å². The minimum absolute atomic E-state index is 0. The summed E-state index contributed by atoms with van der Waals surface area (Å²) in [5.74, 6) is -0.233. The maximum Gasteiger partial charge on any atom is 0.302 e. The van der Waals surface area contributed by atoms with Gasteiger partial charge >= 0.3 is 5.97 Å². The molecule has 0 fully saturated rings. The van der Waals surface area contributed by atoms with Crippen LogP contribution in [-0.2, 0) is 14.3 Å². The molecule has 0 heterocycles. The molecule has 1 atom stereocenters. The number of hydrogen-bond acceptors (Lipinski definition) is 3. The molecule has 0 aromatic heterocycles. The van der Waals surface area contributed by atoms with Crippen LogP contribution in [0.2, 0.25) is 0 Å². The largest absolute Gasteiger partial charge is 0.466 e. The monoisotopic (exact) mass is 178 g/mol. The Labute approximate surface area is 72.1 Å². The van der Waals surface area contributed by atoms with Crippen LogP contribution in [-0.4, -0.2) is 36.8 Å². The van der Waals surface area contributed by atoms with E-state index in [1.807, 2.05) is 6.92 Å². The lowest BCUT2D eigenvalue weighted by Gasteiger charge is -2.07. The predicted molar refractivity (Wildman–Crippen MR) is 49.1 cm³/mol. The third-order valence-electron chi connectivity index (χ3n) is 1.23. The number of esters is 1. The van der Waals surface area contributed by atoms with Crippen molar-refractivity contribution >= 4 is 16.9 Å². The molecular weight excluding hydrogens is 160 g/mol. The van der Waals surface area contributed by atoms with Crippen LogP contribution in [0.5, 0.6) is 0 Å². The van der Waals surface area contributed by atoms with E-state index in [9.17, 15) is 4.79 Å². The van der Waals surface area contributed by atoms with E-state index in [2.05, 4.69) is 0 Å². The number of methoxy groups -OCH3 is 1. The fourth-order valence-electron chi connectivity index (χ4n) is 0.486. The zero-order chi connectivity index (χ0) is 7.98. The van der Waals surface area contributed by atoms with Crippen LogP contribution in [0.25, 0.3) is 0 Å². The summed E-state index contributed by atoms with van der Waals surface area (Å²) in [5, 5.41) is 0. The average molecular weight is 178 g/mol. The van der Waals surface area contributed by atoms with Gasteiger partial charge in [-0.25, -0.2) is 0 Å². The molecule has 0 N–H and O–H groups in total. The van der Waals surface area contributed by atoms with Crippen LogP contribution in [0, 0.1) is 0 Å². The molecule has 0 saturated carbocycles. The van der Waals surface area contributed by atoms with Crippen molar-refractivity contribution in [2.24, 2.45) is 0 Å². The van der Waals surface area contributed by atoms with E-state index in [0.29, 0.717) is 6.61 Å². The zero-order valence-corrected chi connectivity index (χ0v) is 6.72. The average Bonchev–Trinajstić information content (AvgIpc) is 1.87. The van der Waals surface area contributed by atoms with E-state index in [1.54, 1.807) is 7.11 Å². The Kier molecular flexibility index (Phi) is 9.34. The van der Waals surface area contributed by atoms with Crippen LogP contribution < -0.4 is 0 Å². The first-order valence-electron chi connectivity index (χ1n) is 3.33. The van der Waals surface area contributed by atoms with Gasteiger partial charge < -0.3 is 9.47 Å². The van der Waals surface area contributed by atoms with Crippen LogP contribution in [0.1, 0.15) is 20.3 Å².